The van der Waals surface area contributed by atoms with Crippen LogP contribution in [0.2, 0.25) is 0 Å². The van der Waals surface area contributed by atoms with Gasteiger partial charge in [0.2, 0.25) is 0 Å². The molecule has 1 aliphatic rings. The first kappa shape index (κ1) is 11.6. The van der Waals surface area contributed by atoms with Crippen molar-refractivity contribution < 1.29 is 0 Å². The van der Waals surface area contributed by atoms with Crippen LogP contribution in [-0.4, -0.2) is 16.3 Å². The molecular formula is C13H23N3. The van der Waals surface area contributed by atoms with E-state index < -0.39 is 0 Å². The van der Waals surface area contributed by atoms with Gasteiger partial charge in [-0.2, -0.15) is 5.10 Å². The van der Waals surface area contributed by atoms with Crippen molar-refractivity contribution in [3.8, 4) is 0 Å². The van der Waals surface area contributed by atoms with Crippen molar-refractivity contribution in [2.75, 3.05) is 6.54 Å². The highest BCUT2D eigenvalue weighted by atomic mass is 15.3. The Morgan fingerprint density at radius 2 is 2.19 bits per heavy atom. The highest BCUT2D eigenvalue weighted by molar-refractivity contribution is 4.99. The van der Waals surface area contributed by atoms with E-state index in [1.54, 1.807) is 0 Å². The van der Waals surface area contributed by atoms with Gasteiger partial charge in [0.05, 0.1) is 11.7 Å². The number of hydrogen-bond acceptors (Lipinski definition) is 2. The summed E-state index contributed by atoms with van der Waals surface area (Å²) in [7, 11) is 0. The van der Waals surface area contributed by atoms with Gasteiger partial charge in [-0.1, -0.05) is 26.2 Å². The highest BCUT2D eigenvalue weighted by Gasteiger charge is 2.15. The van der Waals surface area contributed by atoms with Crippen molar-refractivity contribution in [3.63, 3.8) is 0 Å². The topological polar surface area (TPSA) is 29.9 Å². The van der Waals surface area contributed by atoms with Crippen LogP contribution in [0.25, 0.3) is 0 Å². The quantitative estimate of drug-likeness (QED) is 0.775. The van der Waals surface area contributed by atoms with Gasteiger partial charge in [0.1, 0.15) is 0 Å². The molecule has 90 valence electrons. The molecule has 3 heteroatoms. The summed E-state index contributed by atoms with van der Waals surface area (Å²) in [6, 6.07) is 2.81. The van der Waals surface area contributed by atoms with E-state index >= 15 is 0 Å². The molecule has 0 atom stereocenters. The first-order chi connectivity index (χ1) is 7.90. The molecule has 1 aromatic heterocycles. The van der Waals surface area contributed by atoms with Crippen LogP contribution in [0.1, 0.15) is 57.2 Å². The molecule has 3 nitrogen and oxygen atoms in total. The van der Waals surface area contributed by atoms with Gasteiger partial charge in [0, 0.05) is 12.7 Å². The van der Waals surface area contributed by atoms with Crippen LogP contribution in [0.4, 0.5) is 0 Å². The van der Waals surface area contributed by atoms with Gasteiger partial charge in [0.25, 0.3) is 0 Å². The Morgan fingerprint density at radius 1 is 1.38 bits per heavy atom. The van der Waals surface area contributed by atoms with Crippen LogP contribution in [-0.2, 0) is 6.54 Å². The fourth-order valence-electron chi connectivity index (χ4n) is 2.41. The fourth-order valence-corrected chi connectivity index (χ4v) is 2.41. The minimum Gasteiger partial charge on any atom is -0.311 e. The average molecular weight is 221 g/mol. The highest BCUT2D eigenvalue weighted by Crippen LogP contribution is 2.27. The molecule has 0 unspecified atom stereocenters. The first-order valence-corrected chi connectivity index (χ1v) is 6.65. The molecule has 0 spiro atoms. The largest absolute Gasteiger partial charge is 0.311 e. The Hall–Kier alpha value is -0.830. The minimum atomic E-state index is 0.661. The van der Waals surface area contributed by atoms with E-state index in [-0.39, 0.29) is 0 Å². The average Bonchev–Trinajstić information content (AvgIpc) is 2.79. The molecule has 1 saturated carbocycles. The third-order valence-corrected chi connectivity index (χ3v) is 3.35. The summed E-state index contributed by atoms with van der Waals surface area (Å²) in [5, 5.41) is 8.05. The molecule has 16 heavy (non-hydrogen) atoms. The van der Waals surface area contributed by atoms with E-state index in [0.717, 1.165) is 13.1 Å². The lowest BCUT2D eigenvalue weighted by Gasteiger charge is -2.21. The maximum absolute atomic E-state index is 4.66. The van der Waals surface area contributed by atoms with Gasteiger partial charge in [-0.05, 0) is 31.9 Å². The number of rotatable bonds is 5. The number of nitrogens with zero attached hydrogens (tertiary/aromatic N) is 2. The number of aromatic nitrogens is 2. The molecule has 0 amide bonds. The molecule has 0 aromatic carbocycles. The first-order valence-electron chi connectivity index (χ1n) is 6.65. The smallest absolute Gasteiger partial charge is 0.0762 e. The SMILES string of the molecule is CCCNCc1ccn(C2CCCCC2)n1. The van der Waals surface area contributed by atoms with Crippen molar-refractivity contribution in [3.05, 3.63) is 18.0 Å². The monoisotopic (exact) mass is 221 g/mol. The Kier molecular flexibility index (Phi) is 4.40. The van der Waals surface area contributed by atoms with Gasteiger partial charge >= 0.3 is 0 Å². The van der Waals surface area contributed by atoms with E-state index in [0.29, 0.717) is 6.04 Å². The Bertz CT molecular complexity index is 300. The van der Waals surface area contributed by atoms with Gasteiger partial charge in [-0.25, -0.2) is 0 Å². The van der Waals surface area contributed by atoms with Crippen LogP contribution < -0.4 is 5.32 Å². The number of nitrogens with one attached hydrogen (secondary N) is 1. The maximum Gasteiger partial charge on any atom is 0.0762 e. The van der Waals surface area contributed by atoms with E-state index in [1.165, 1.54) is 44.2 Å². The van der Waals surface area contributed by atoms with Gasteiger partial charge in [-0.15, -0.1) is 0 Å². The molecule has 1 N–H and O–H groups in total. The van der Waals surface area contributed by atoms with Gasteiger partial charge in [0.15, 0.2) is 0 Å². The molecule has 0 bridgehead atoms. The molecule has 0 radical (unpaired) electrons. The van der Waals surface area contributed by atoms with Crippen molar-refractivity contribution in [1.82, 2.24) is 15.1 Å². The molecule has 1 aliphatic carbocycles. The summed E-state index contributed by atoms with van der Waals surface area (Å²) in [6.45, 7) is 4.18. The minimum absolute atomic E-state index is 0.661. The molecule has 1 fully saturated rings. The van der Waals surface area contributed by atoms with Gasteiger partial charge in [-0.3, -0.25) is 4.68 Å². The van der Waals surface area contributed by atoms with Gasteiger partial charge < -0.3 is 5.32 Å². The lowest BCUT2D eigenvalue weighted by Crippen LogP contribution is -2.16. The van der Waals surface area contributed by atoms with Crippen molar-refractivity contribution in [1.29, 1.82) is 0 Å². The molecule has 0 saturated heterocycles. The van der Waals surface area contributed by atoms with Crippen LogP contribution >= 0.6 is 0 Å². The third-order valence-electron chi connectivity index (χ3n) is 3.35. The summed E-state index contributed by atoms with van der Waals surface area (Å²) in [5.41, 5.74) is 1.18. The van der Waals surface area contributed by atoms with E-state index in [4.69, 9.17) is 0 Å². The molecule has 0 aliphatic heterocycles. The Labute approximate surface area is 98.2 Å². The Balaban J connectivity index is 1.85. The lowest BCUT2D eigenvalue weighted by molar-refractivity contribution is 0.327. The second kappa shape index (κ2) is 6.04. The lowest BCUT2D eigenvalue weighted by atomic mass is 9.96. The second-order valence-corrected chi connectivity index (χ2v) is 4.76. The Morgan fingerprint density at radius 3 is 2.94 bits per heavy atom. The molecule has 1 aromatic rings. The second-order valence-electron chi connectivity index (χ2n) is 4.76. The zero-order valence-electron chi connectivity index (χ0n) is 10.3. The van der Waals surface area contributed by atoms with Crippen molar-refractivity contribution >= 4 is 0 Å². The number of hydrogen-bond donors (Lipinski definition) is 1. The van der Waals surface area contributed by atoms with Crippen LogP contribution in [0, 0.1) is 0 Å². The summed E-state index contributed by atoms with van der Waals surface area (Å²) < 4.78 is 2.18. The summed E-state index contributed by atoms with van der Waals surface area (Å²) in [6.07, 6.45) is 10.1. The predicted molar refractivity (Wildman–Crippen MR) is 66.3 cm³/mol. The summed E-state index contributed by atoms with van der Waals surface area (Å²) in [4.78, 5) is 0. The van der Waals surface area contributed by atoms with Crippen LogP contribution in [0.15, 0.2) is 12.3 Å². The van der Waals surface area contributed by atoms with Crippen LogP contribution in [0.3, 0.4) is 0 Å². The van der Waals surface area contributed by atoms with E-state index in [9.17, 15) is 0 Å². The normalized spacial score (nSPS) is 17.8. The fraction of sp³-hybridized carbons (Fsp3) is 0.769. The third kappa shape index (κ3) is 3.08. The zero-order chi connectivity index (χ0) is 11.2. The van der Waals surface area contributed by atoms with Crippen molar-refractivity contribution in [2.45, 2.75) is 58.0 Å². The molecule has 2 rings (SSSR count). The summed E-state index contributed by atoms with van der Waals surface area (Å²) in [5.74, 6) is 0. The standard InChI is InChI=1S/C13H23N3/c1-2-9-14-11-12-8-10-16(15-12)13-6-4-3-5-7-13/h8,10,13-14H,2-7,9,11H2,1H3. The van der Waals surface area contributed by atoms with E-state index in [1.807, 2.05) is 0 Å². The zero-order valence-corrected chi connectivity index (χ0v) is 10.3. The molecule has 1 heterocycles. The van der Waals surface area contributed by atoms with Crippen molar-refractivity contribution in [2.24, 2.45) is 0 Å². The predicted octanol–water partition coefficient (Wildman–Crippen LogP) is 2.89. The maximum atomic E-state index is 4.66. The summed E-state index contributed by atoms with van der Waals surface area (Å²) >= 11 is 0. The molecular weight excluding hydrogens is 198 g/mol. The van der Waals surface area contributed by atoms with E-state index in [2.05, 4.69) is 34.3 Å². The van der Waals surface area contributed by atoms with Crippen LogP contribution in [0.5, 0.6) is 0 Å².